The summed E-state index contributed by atoms with van der Waals surface area (Å²) >= 11 is 0. The molecule has 0 aromatic rings. The summed E-state index contributed by atoms with van der Waals surface area (Å²) in [5.74, 6) is 0. The van der Waals surface area contributed by atoms with Crippen LogP contribution < -0.4 is 0 Å². The molecule has 2 N–H and O–H groups in total. The van der Waals surface area contributed by atoms with Crippen molar-refractivity contribution in [3.8, 4) is 0 Å². The number of carbonyl (C=O) groups excluding carboxylic acids is 3. The molecule has 7 heteroatoms. The van der Waals surface area contributed by atoms with Gasteiger partial charge >= 0.3 is 0 Å². The average molecular weight is 308 g/mol. The maximum Gasteiger partial charge on any atom is 0.160 e. The van der Waals surface area contributed by atoms with Crippen molar-refractivity contribution in [3.63, 3.8) is 0 Å². The molecular formula is C14H28O7. The van der Waals surface area contributed by atoms with Crippen LogP contribution in [0.5, 0.6) is 0 Å². The van der Waals surface area contributed by atoms with E-state index in [4.69, 9.17) is 29.3 Å². The SMILES string of the molecule is CC(O)CC=O.CC1CC(O)OC(C)O1.CC=O.CC=O. The lowest BCUT2D eigenvalue weighted by Gasteiger charge is -2.29. The fourth-order valence-electron chi connectivity index (χ4n) is 1.11. The minimum atomic E-state index is -0.635. The maximum absolute atomic E-state index is 9.46. The summed E-state index contributed by atoms with van der Waals surface area (Å²) in [5.41, 5.74) is 0. The summed E-state index contributed by atoms with van der Waals surface area (Å²) < 4.78 is 10.1. The largest absolute Gasteiger partial charge is 0.393 e. The van der Waals surface area contributed by atoms with Crippen molar-refractivity contribution < 1.29 is 34.1 Å². The summed E-state index contributed by atoms with van der Waals surface area (Å²) in [6.07, 6.45) is 1.77. The zero-order valence-electron chi connectivity index (χ0n) is 13.4. The van der Waals surface area contributed by atoms with Gasteiger partial charge < -0.3 is 34.1 Å². The third-order valence-corrected chi connectivity index (χ3v) is 1.74. The fourth-order valence-corrected chi connectivity index (χ4v) is 1.11. The first-order valence-electron chi connectivity index (χ1n) is 6.69. The molecule has 0 bridgehead atoms. The zero-order valence-corrected chi connectivity index (χ0v) is 13.4. The lowest BCUT2D eigenvalue weighted by atomic mass is 10.2. The lowest BCUT2D eigenvalue weighted by Crippen LogP contribution is -2.34. The first-order chi connectivity index (χ1) is 9.78. The van der Waals surface area contributed by atoms with E-state index in [2.05, 4.69) is 0 Å². The number of aliphatic hydroxyl groups is 2. The highest BCUT2D eigenvalue weighted by Crippen LogP contribution is 2.15. The molecule has 1 aliphatic heterocycles. The zero-order chi connectivity index (χ0) is 17.3. The normalized spacial score (nSPS) is 24.4. The Balaban J connectivity index is -0.000000235. The van der Waals surface area contributed by atoms with Gasteiger partial charge in [-0.2, -0.15) is 0 Å². The van der Waals surface area contributed by atoms with Crippen molar-refractivity contribution in [2.24, 2.45) is 0 Å². The van der Waals surface area contributed by atoms with Gasteiger partial charge in [-0.3, -0.25) is 0 Å². The number of hydrogen-bond donors (Lipinski definition) is 2. The van der Waals surface area contributed by atoms with E-state index in [1.165, 1.54) is 13.8 Å². The molecule has 7 nitrogen and oxygen atoms in total. The molecule has 0 spiro atoms. The Hall–Kier alpha value is -1.15. The van der Waals surface area contributed by atoms with Gasteiger partial charge in [-0.15, -0.1) is 0 Å². The van der Waals surface area contributed by atoms with E-state index in [9.17, 15) is 4.79 Å². The predicted molar refractivity (Wildman–Crippen MR) is 77.6 cm³/mol. The van der Waals surface area contributed by atoms with E-state index in [0.29, 0.717) is 12.7 Å². The highest BCUT2D eigenvalue weighted by molar-refractivity contribution is 5.49. The molecule has 0 amide bonds. The molecule has 0 aromatic heterocycles. The van der Waals surface area contributed by atoms with Crippen molar-refractivity contribution in [1.82, 2.24) is 0 Å². The van der Waals surface area contributed by atoms with Gasteiger partial charge in [0.05, 0.1) is 12.2 Å². The molecule has 1 saturated heterocycles. The van der Waals surface area contributed by atoms with Gasteiger partial charge in [-0.05, 0) is 34.6 Å². The molecule has 0 radical (unpaired) electrons. The van der Waals surface area contributed by atoms with Gasteiger partial charge in [-0.1, -0.05) is 0 Å². The van der Waals surface area contributed by atoms with Crippen molar-refractivity contribution in [1.29, 1.82) is 0 Å². The van der Waals surface area contributed by atoms with Gasteiger partial charge in [-0.25, -0.2) is 0 Å². The van der Waals surface area contributed by atoms with Crippen LogP contribution in [0.1, 0.15) is 47.5 Å². The van der Waals surface area contributed by atoms with E-state index >= 15 is 0 Å². The number of carbonyl (C=O) groups is 3. The highest BCUT2D eigenvalue weighted by Gasteiger charge is 2.22. The van der Waals surface area contributed by atoms with Gasteiger partial charge in [0.15, 0.2) is 12.6 Å². The number of hydrogen-bond acceptors (Lipinski definition) is 7. The number of aliphatic hydroxyl groups excluding tert-OH is 2. The third-order valence-electron chi connectivity index (χ3n) is 1.74. The van der Waals surface area contributed by atoms with Crippen molar-refractivity contribution in [3.05, 3.63) is 0 Å². The van der Waals surface area contributed by atoms with Crippen LogP contribution in [0, 0.1) is 0 Å². The van der Waals surface area contributed by atoms with Crippen LogP contribution in [0.4, 0.5) is 0 Å². The van der Waals surface area contributed by atoms with Crippen LogP contribution in [0.25, 0.3) is 0 Å². The summed E-state index contributed by atoms with van der Waals surface area (Å²) in [4.78, 5) is 27.1. The molecule has 4 atom stereocenters. The summed E-state index contributed by atoms with van der Waals surface area (Å²) in [5, 5.41) is 17.3. The van der Waals surface area contributed by atoms with Gasteiger partial charge in [0.25, 0.3) is 0 Å². The molecule has 0 aromatic carbocycles. The van der Waals surface area contributed by atoms with Gasteiger partial charge in [0.2, 0.25) is 0 Å². The van der Waals surface area contributed by atoms with E-state index in [0.717, 1.165) is 12.6 Å². The molecule has 126 valence electrons. The molecular weight excluding hydrogens is 280 g/mol. The van der Waals surface area contributed by atoms with E-state index in [-0.39, 0.29) is 18.8 Å². The molecule has 0 aliphatic carbocycles. The fraction of sp³-hybridized carbons (Fsp3) is 0.786. The maximum atomic E-state index is 9.46. The van der Waals surface area contributed by atoms with Crippen LogP contribution in [0.3, 0.4) is 0 Å². The van der Waals surface area contributed by atoms with Crippen molar-refractivity contribution in [2.45, 2.75) is 72.2 Å². The summed E-state index contributed by atoms with van der Waals surface area (Å²) in [6.45, 7) is 8.16. The molecule has 1 fully saturated rings. The van der Waals surface area contributed by atoms with E-state index < -0.39 is 12.4 Å². The molecule has 0 saturated carbocycles. The van der Waals surface area contributed by atoms with E-state index in [1.54, 1.807) is 13.8 Å². The van der Waals surface area contributed by atoms with Crippen LogP contribution >= 0.6 is 0 Å². The Morgan fingerprint density at radius 1 is 1.14 bits per heavy atom. The van der Waals surface area contributed by atoms with Crippen LogP contribution in [-0.2, 0) is 23.9 Å². The highest BCUT2D eigenvalue weighted by atomic mass is 16.7. The Morgan fingerprint density at radius 2 is 1.57 bits per heavy atom. The Labute approximate surface area is 126 Å². The topological polar surface area (TPSA) is 110 Å². The number of ether oxygens (including phenoxy) is 2. The quantitative estimate of drug-likeness (QED) is 0.727. The molecule has 21 heavy (non-hydrogen) atoms. The van der Waals surface area contributed by atoms with Crippen molar-refractivity contribution >= 4 is 18.9 Å². The smallest absolute Gasteiger partial charge is 0.160 e. The van der Waals surface area contributed by atoms with E-state index in [1.807, 2.05) is 6.92 Å². The average Bonchev–Trinajstić information content (AvgIpc) is 2.29. The Morgan fingerprint density at radius 3 is 1.76 bits per heavy atom. The molecule has 1 rings (SSSR count). The third kappa shape index (κ3) is 27.9. The van der Waals surface area contributed by atoms with Gasteiger partial charge in [0.1, 0.15) is 18.9 Å². The second-order valence-corrected chi connectivity index (χ2v) is 4.06. The summed E-state index contributed by atoms with van der Waals surface area (Å²) in [7, 11) is 0. The minimum absolute atomic E-state index is 0.115. The van der Waals surface area contributed by atoms with Gasteiger partial charge in [0, 0.05) is 12.8 Å². The van der Waals surface area contributed by atoms with Crippen LogP contribution in [0.15, 0.2) is 0 Å². The Bertz CT molecular complexity index is 212. The predicted octanol–water partition coefficient (Wildman–Crippen LogP) is 0.843. The summed E-state index contributed by atoms with van der Waals surface area (Å²) in [6, 6.07) is 0. The lowest BCUT2D eigenvalue weighted by molar-refractivity contribution is -0.283. The standard InChI is InChI=1S/C6H12O3.C4H8O2.2C2H4O/c1-4-3-6(7)9-5(2)8-4;1-4(6)2-3-5;2*1-2-3/h4-7H,3H2,1-2H3;3-4,6H,2H2,1H3;2*2H,1H3. The Kier molecular flexibility index (Phi) is 22.3. The molecule has 1 aliphatic rings. The monoisotopic (exact) mass is 308 g/mol. The second kappa shape index (κ2) is 18.9. The number of rotatable bonds is 2. The van der Waals surface area contributed by atoms with Crippen LogP contribution in [-0.4, -0.2) is 53.9 Å². The first-order valence-corrected chi connectivity index (χ1v) is 6.69. The minimum Gasteiger partial charge on any atom is -0.393 e. The van der Waals surface area contributed by atoms with Crippen molar-refractivity contribution in [2.75, 3.05) is 0 Å². The first kappa shape index (κ1) is 24.8. The van der Waals surface area contributed by atoms with Crippen LogP contribution in [0.2, 0.25) is 0 Å². The second-order valence-electron chi connectivity index (χ2n) is 4.06. The molecule has 4 unspecified atom stereocenters. The molecule has 1 heterocycles. The number of aldehydes is 3.